The molecule has 4 aromatic rings. The SMILES string of the molecule is Cc1nc(Nc2ccc(NC(=O)c3cccn(C)c3=O)cc2)cc(-n2cccn2)n1. The third kappa shape index (κ3) is 4.09. The molecule has 2 N–H and O–H groups in total. The molecule has 0 atom stereocenters. The summed E-state index contributed by atoms with van der Waals surface area (Å²) in [5, 5.41) is 10.1. The first-order chi connectivity index (χ1) is 14.5. The summed E-state index contributed by atoms with van der Waals surface area (Å²) >= 11 is 0. The number of rotatable bonds is 5. The van der Waals surface area contributed by atoms with Crippen molar-refractivity contribution in [1.82, 2.24) is 24.3 Å². The van der Waals surface area contributed by atoms with Gasteiger partial charge in [0.15, 0.2) is 5.82 Å². The Balaban J connectivity index is 1.49. The monoisotopic (exact) mass is 401 g/mol. The van der Waals surface area contributed by atoms with Crippen molar-refractivity contribution in [2.75, 3.05) is 10.6 Å². The van der Waals surface area contributed by atoms with Crippen LogP contribution in [0, 0.1) is 6.92 Å². The number of hydrogen-bond acceptors (Lipinski definition) is 6. The summed E-state index contributed by atoms with van der Waals surface area (Å²) in [6, 6.07) is 13.9. The normalized spacial score (nSPS) is 10.6. The molecule has 0 radical (unpaired) electrons. The van der Waals surface area contributed by atoms with Gasteiger partial charge in [-0.15, -0.1) is 0 Å². The number of benzene rings is 1. The van der Waals surface area contributed by atoms with Gasteiger partial charge in [0, 0.05) is 43.1 Å². The molecule has 0 fully saturated rings. The van der Waals surface area contributed by atoms with Crippen LogP contribution in [0.2, 0.25) is 0 Å². The molecular formula is C21H19N7O2. The molecule has 3 aromatic heterocycles. The first-order valence-corrected chi connectivity index (χ1v) is 9.19. The maximum atomic E-state index is 12.4. The molecule has 0 aliphatic heterocycles. The fourth-order valence-electron chi connectivity index (χ4n) is 2.89. The maximum absolute atomic E-state index is 12.4. The lowest BCUT2D eigenvalue weighted by Crippen LogP contribution is -2.26. The number of nitrogens with one attached hydrogen (secondary N) is 2. The minimum Gasteiger partial charge on any atom is -0.340 e. The zero-order valence-electron chi connectivity index (χ0n) is 16.4. The Hall–Kier alpha value is -4.27. The molecule has 4 rings (SSSR count). The molecule has 3 heterocycles. The predicted octanol–water partition coefficient (Wildman–Crippen LogP) is 2.67. The van der Waals surface area contributed by atoms with Crippen LogP contribution < -0.4 is 16.2 Å². The number of anilines is 3. The number of nitrogens with zero attached hydrogens (tertiary/aromatic N) is 5. The van der Waals surface area contributed by atoms with Gasteiger partial charge in [0.2, 0.25) is 0 Å². The molecule has 30 heavy (non-hydrogen) atoms. The Morgan fingerprint density at radius 3 is 2.50 bits per heavy atom. The third-order valence-electron chi connectivity index (χ3n) is 4.35. The van der Waals surface area contributed by atoms with Crippen LogP contribution in [0.15, 0.2) is 71.9 Å². The fraction of sp³-hybridized carbons (Fsp3) is 0.0952. The quantitative estimate of drug-likeness (QED) is 0.532. The topological polar surface area (TPSA) is 107 Å². The van der Waals surface area contributed by atoms with Crippen LogP contribution in [-0.4, -0.2) is 30.2 Å². The molecule has 1 amide bonds. The Bertz CT molecular complexity index is 1250. The zero-order valence-corrected chi connectivity index (χ0v) is 16.4. The second-order valence-corrected chi connectivity index (χ2v) is 6.60. The highest BCUT2D eigenvalue weighted by atomic mass is 16.2. The van der Waals surface area contributed by atoms with Crippen molar-refractivity contribution >= 4 is 23.1 Å². The van der Waals surface area contributed by atoms with Crippen molar-refractivity contribution < 1.29 is 4.79 Å². The Morgan fingerprint density at radius 2 is 1.77 bits per heavy atom. The summed E-state index contributed by atoms with van der Waals surface area (Å²) in [4.78, 5) is 33.2. The van der Waals surface area contributed by atoms with E-state index >= 15 is 0 Å². The van der Waals surface area contributed by atoms with E-state index in [-0.39, 0.29) is 11.1 Å². The van der Waals surface area contributed by atoms with Crippen LogP contribution in [0.5, 0.6) is 0 Å². The van der Waals surface area contributed by atoms with Crippen molar-refractivity contribution in [1.29, 1.82) is 0 Å². The molecule has 150 valence electrons. The van der Waals surface area contributed by atoms with E-state index in [1.807, 2.05) is 31.3 Å². The molecule has 0 unspecified atom stereocenters. The standard InChI is InChI=1S/C21H19N7O2/c1-14-23-18(13-19(24-14)28-12-4-10-22-28)25-15-6-8-16(9-7-15)26-20(29)17-5-3-11-27(2)21(17)30/h3-13H,1-2H3,(H,26,29)(H,23,24,25). The van der Waals surface area contributed by atoms with Gasteiger partial charge >= 0.3 is 0 Å². The molecule has 0 aliphatic rings. The summed E-state index contributed by atoms with van der Waals surface area (Å²) in [6.07, 6.45) is 5.10. The van der Waals surface area contributed by atoms with E-state index < -0.39 is 5.91 Å². The van der Waals surface area contributed by atoms with Gasteiger partial charge in [-0.3, -0.25) is 9.59 Å². The van der Waals surface area contributed by atoms with Gasteiger partial charge in [-0.2, -0.15) is 5.10 Å². The highest BCUT2D eigenvalue weighted by Gasteiger charge is 2.11. The first-order valence-electron chi connectivity index (χ1n) is 9.19. The van der Waals surface area contributed by atoms with Gasteiger partial charge in [0.1, 0.15) is 17.2 Å². The third-order valence-corrected chi connectivity index (χ3v) is 4.35. The van der Waals surface area contributed by atoms with Crippen LogP contribution in [0.1, 0.15) is 16.2 Å². The van der Waals surface area contributed by atoms with Crippen LogP contribution in [0.25, 0.3) is 5.82 Å². The van der Waals surface area contributed by atoms with Crippen molar-refractivity contribution in [3.63, 3.8) is 0 Å². The maximum Gasteiger partial charge on any atom is 0.263 e. The lowest BCUT2D eigenvalue weighted by Gasteiger charge is -2.10. The number of amides is 1. The smallest absolute Gasteiger partial charge is 0.263 e. The average molecular weight is 401 g/mol. The van der Waals surface area contributed by atoms with Crippen molar-refractivity contribution in [2.45, 2.75) is 6.92 Å². The average Bonchev–Trinajstić information content (AvgIpc) is 3.26. The lowest BCUT2D eigenvalue weighted by molar-refractivity contribution is 0.102. The van der Waals surface area contributed by atoms with Gasteiger partial charge in [0.25, 0.3) is 11.5 Å². The summed E-state index contributed by atoms with van der Waals surface area (Å²) in [7, 11) is 1.60. The van der Waals surface area contributed by atoms with Gasteiger partial charge in [-0.05, 0) is 49.4 Å². The summed E-state index contributed by atoms with van der Waals surface area (Å²) < 4.78 is 3.02. The second kappa shape index (κ2) is 8.00. The van der Waals surface area contributed by atoms with Crippen LogP contribution >= 0.6 is 0 Å². The lowest BCUT2D eigenvalue weighted by atomic mass is 10.2. The number of aryl methyl sites for hydroxylation is 2. The molecule has 0 bridgehead atoms. The minimum atomic E-state index is -0.452. The van der Waals surface area contributed by atoms with Gasteiger partial charge in [-0.25, -0.2) is 14.6 Å². The number of carbonyl (C=O) groups excluding carboxylic acids is 1. The Labute approximate surface area is 172 Å². The largest absolute Gasteiger partial charge is 0.340 e. The number of carbonyl (C=O) groups is 1. The van der Waals surface area contributed by atoms with Crippen molar-refractivity contribution in [2.24, 2.45) is 7.05 Å². The van der Waals surface area contributed by atoms with E-state index in [0.29, 0.717) is 23.1 Å². The number of hydrogen-bond donors (Lipinski definition) is 2. The molecule has 0 saturated heterocycles. The van der Waals surface area contributed by atoms with E-state index in [2.05, 4.69) is 25.7 Å². The van der Waals surface area contributed by atoms with Gasteiger partial charge < -0.3 is 15.2 Å². The minimum absolute atomic E-state index is 0.0878. The van der Waals surface area contributed by atoms with E-state index in [0.717, 1.165) is 5.69 Å². The molecule has 0 saturated carbocycles. The molecule has 1 aromatic carbocycles. The van der Waals surface area contributed by atoms with Gasteiger partial charge in [-0.1, -0.05) is 0 Å². The molecular weight excluding hydrogens is 382 g/mol. The van der Waals surface area contributed by atoms with Crippen LogP contribution in [-0.2, 0) is 7.05 Å². The highest BCUT2D eigenvalue weighted by Crippen LogP contribution is 2.19. The zero-order chi connectivity index (χ0) is 21.1. The molecule has 9 nitrogen and oxygen atoms in total. The predicted molar refractivity (Wildman–Crippen MR) is 113 cm³/mol. The van der Waals surface area contributed by atoms with E-state index in [4.69, 9.17) is 0 Å². The number of aromatic nitrogens is 5. The van der Waals surface area contributed by atoms with Gasteiger partial charge in [0.05, 0.1) is 0 Å². The highest BCUT2D eigenvalue weighted by molar-refractivity contribution is 6.04. The summed E-state index contributed by atoms with van der Waals surface area (Å²) in [5.74, 6) is 1.44. The summed E-state index contributed by atoms with van der Waals surface area (Å²) in [6.45, 7) is 1.81. The Morgan fingerprint density at radius 1 is 1.00 bits per heavy atom. The van der Waals surface area contributed by atoms with E-state index in [1.54, 1.807) is 48.4 Å². The van der Waals surface area contributed by atoms with Crippen molar-refractivity contribution in [3.8, 4) is 5.82 Å². The van der Waals surface area contributed by atoms with Crippen LogP contribution in [0.4, 0.5) is 17.2 Å². The molecule has 0 spiro atoms. The first kappa shape index (κ1) is 19.1. The van der Waals surface area contributed by atoms with Crippen molar-refractivity contribution in [3.05, 3.63) is 88.9 Å². The van der Waals surface area contributed by atoms with Crippen LogP contribution in [0.3, 0.4) is 0 Å². The molecule has 9 heteroatoms. The summed E-state index contributed by atoms with van der Waals surface area (Å²) in [5.41, 5.74) is 1.10. The van der Waals surface area contributed by atoms with E-state index in [9.17, 15) is 9.59 Å². The second-order valence-electron chi connectivity index (χ2n) is 6.60. The fourth-order valence-corrected chi connectivity index (χ4v) is 2.89. The molecule has 0 aliphatic carbocycles. The van der Waals surface area contributed by atoms with E-state index in [1.165, 1.54) is 10.6 Å². The Kier molecular flexibility index (Phi) is 5.08. The number of pyridine rings is 1.